The van der Waals surface area contributed by atoms with Gasteiger partial charge in [0.15, 0.2) is 0 Å². The van der Waals surface area contributed by atoms with E-state index in [2.05, 4.69) is 20.3 Å². The van der Waals surface area contributed by atoms with Crippen LogP contribution in [0.25, 0.3) is 5.95 Å². The summed E-state index contributed by atoms with van der Waals surface area (Å²) in [4.78, 5) is 13.6. The lowest BCUT2D eigenvalue weighted by atomic mass is 10.4. The number of hydrogen-bond acceptors (Lipinski definition) is 5. The summed E-state index contributed by atoms with van der Waals surface area (Å²) in [5.41, 5.74) is 6.72. The Labute approximate surface area is 85.0 Å². The molecule has 2 heterocycles. The van der Waals surface area contributed by atoms with E-state index in [4.69, 9.17) is 5.73 Å². The van der Waals surface area contributed by atoms with E-state index in [1.165, 1.54) is 4.68 Å². The van der Waals surface area contributed by atoms with Gasteiger partial charge in [0.1, 0.15) is 6.20 Å². The zero-order valence-corrected chi connectivity index (χ0v) is 8.14. The highest BCUT2D eigenvalue weighted by molar-refractivity contribution is 5.17. The molecule has 2 rings (SSSR count). The third-order valence-corrected chi connectivity index (χ3v) is 1.91. The summed E-state index contributed by atoms with van der Waals surface area (Å²) in [5, 5.41) is 11.5. The van der Waals surface area contributed by atoms with Gasteiger partial charge in [0.2, 0.25) is 0 Å². The summed E-state index contributed by atoms with van der Waals surface area (Å²) in [6.07, 6.45) is 1.10. The molecule has 0 radical (unpaired) electrons. The van der Waals surface area contributed by atoms with E-state index in [0.29, 0.717) is 12.5 Å². The molecule has 15 heavy (non-hydrogen) atoms. The number of aromatic amines is 1. The molecule has 3 N–H and O–H groups in total. The van der Waals surface area contributed by atoms with E-state index < -0.39 is 0 Å². The molecule has 0 saturated carbocycles. The highest BCUT2D eigenvalue weighted by Gasteiger charge is 2.06. The predicted octanol–water partition coefficient (Wildman–Crippen LogP) is -0.882. The van der Waals surface area contributed by atoms with Gasteiger partial charge >= 0.3 is 0 Å². The van der Waals surface area contributed by atoms with Crippen LogP contribution in [-0.4, -0.2) is 25.0 Å². The molecule has 0 aliphatic rings. The second-order valence-electron chi connectivity index (χ2n) is 3.05. The van der Waals surface area contributed by atoms with Crippen LogP contribution in [0.5, 0.6) is 0 Å². The monoisotopic (exact) mass is 206 g/mol. The van der Waals surface area contributed by atoms with Gasteiger partial charge in [-0.05, 0) is 13.0 Å². The topological polar surface area (TPSA) is 102 Å². The minimum absolute atomic E-state index is 0.291. The average molecular weight is 206 g/mol. The van der Waals surface area contributed by atoms with Crippen molar-refractivity contribution in [2.24, 2.45) is 5.73 Å². The number of nitrogens with one attached hydrogen (secondary N) is 1. The molecule has 78 valence electrons. The van der Waals surface area contributed by atoms with Crippen LogP contribution in [0.2, 0.25) is 0 Å². The molecule has 7 nitrogen and oxygen atoms in total. The molecule has 0 atom stereocenters. The Morgan fingerprint density at radius 2 is 2.40 bits per heavy atom. The van der Waals surface area contributed by atoms with Gasteiger partial charge in [-0.3, -0.25) is 9.78 Å². The van der Waals surface area contributed by atoms with Crippen molar-refractivity contribution in [2.45, 2.75) is 13.5 Å². The van der Waals surface area contributed by atoms with Crippen molar-refractivity contribution in [1.29, 1.82) is 0 Å². The Kier molecular flexibility index (Phi) is 2.30. The molecule has 0 unspecified atom stereocenters. The third kappa shape index (κ3) is 1.77. The van der Waals surface area contributed by atoms with Gasteiger partial charge < -0.3 is 5.73 Å². The first-order valence-electron chi connectivity index (χ1n) is 4.38. The summed E-state index contributed by atoms with van der Waals surface area (Å²) in [6.45, 7) is 2.19. The van der Waals surface area contributed by atoms with Crippen molar-refractivity contribution in [3.8, 4) is 5.95 Å². The summed E-state index contributed by atoms with van der Waals surface area (Å²) in [5.74, 6) is 0.291. The second-order valence-corrected chi connectivity index (χ2v) is 3.05. The normalized spacial score (nSPS) is 10.5. The van der Waals surface area contributed by atoms with Gasteiger partial charge in [0.25, 0.3) is 11.5 Å². The van der Waals surface area contributed by atoms with Crippen LogP contribution in [0, 0.1) is 6.92 Å². The third-order valence-electron chi connectivity index (χ3n) is 1.91. The summed E-state index contributed by atoms with van der Waals surface area (Å²) < 4.78 is 1.50. The molecule has 7 heteroatoms. The quantitative estimate of drug-likeness (QED) is 0.664. The maximum Gasteiger partial charge on any atom is 0.271 e. The Hall–Kier alpha value is -2.02. The lowest BCUT2D eigenvalue weighted by Gasteiger charge is -1.99. The van der Waals surface area contributed by atoms with E-state index in [1.54, 1.807) is 0 Å². The minimum Gasteiger partial charge on any atom is -0.325 e. The number of H-pyrrole nitrogens is 1. The van der Waals surface area contributed by atoms with Gasteiger partial charge in [-0.25, -0.2) is 4.68 Å². The van der Waals surface area contributed by atoms with E-state index in [0.717, 1.165) is 17.6 Å². The first kappa shape index (κ1) is 9.53. The number of hydrogen-bond donors (Lipinski definition) is 2. The molecule has 2 aromatic heterocycles. The first-order valence-corrected chi connectivity index (χ1v) is 4.38. The first-order chi connectivity index (χ1) is 7.20. The molecule has 0 saturated heterocycles. The van der Waals surface area contributed by atoms with Crippen molar-refractivity contribution in [3.05, 3.63) is 34.0 Å². The van der Waals surface area contributed by atoms with Crippen LogP contribution in [0.4, 0.5) is 0 Å². The molecule has 0 amide bonds. The van der Waals surface area contributed by atoms with E-state index in [9.17, 15) is 4.79 Å². The van der Waals surface area contributed by atoms with Crippen LogP contribution in [-0.2, 0) is 6.54 Å². The van der Waals surface area contributed by atoms with Crippen molar-refractivity contribution in [2.75, 3.05) is 0 Å². The second kappa shape index (κ2) is 3.62. The fourth-order valence-electron chi connectivity index (χ4n) is 1.25. The summed E-state index contributed by atoms with van der Waals surface area (Å²) in [7, 11) is 0. The smallest absolute Gasteiger partial charge is 0.271 e. The number of aryl methyl sites for hydroxylation is 1. The molecule has 0 aromatic carbocycles. The van der Waals surface area contributed by atoms with Crippen LogP contribution < -0.4 is 11.3 Å². The number of nitrogens with zero attached hydrogens (tertiary/aromatic N) is 4. The highest BCUT2D eigenvalue weighted by Crippen LogP contribution is 2.05. The van der Waals surface area contributed by atoms with Gasteiger partial charge in [-0.15, -0.1) is 10.2 Å². The Morgan fingerprint density at radius 1 is 1.60 bits per heavy atom. The molecule has 0 bridgehead atoms. The fraction of sp³-hybridized carbons (Fsp3) is 0.250. The standard InChI is InChI=1S/C8H10N6O/c1-5-2-6(3-9)13-14(5)8-11-7(15)4-10-12-8/h2,4H,3,9H2,1H3,(H,11,12,15). The molecule has 2 aromatic rings. The summed E-state index contributed by atoms with van der Waals surface area (Å²) in [6, 6.07) is 1.83. The Morgan fingerprint density at radius 3 is 3.00 bits per heavy atom. The maximum atomic E-state index is 11.0. The molecular formula is C8H10N6O. The zero-order chi connectivity index (χ0) is 10.8. The molecule has 0 spiro atoms. The number of rotatable bonds is 2. The van der Waals surface area contributed by atoms with E-state index >= 15 is 0 Å². The fourth-order valence-corrected chi connectivity index (χ4v) is 1.25. The van der Waals surface area contributed by atoms with Crippen molar-refractivity contribution >= 4 is 0 Å². The minimum atomic E-state index is -0.316. The average Bonchev–Trinajstić information content (AvgIpc) is 2.60. The molecule has 0 fully saturated rings. The van der Waals surface area contributed by atoms with Gasteiger partial charge in [-0.2, -0.15) is 5.10 Å². The highest BCUT2D eigenvalue weighted by atomic mass is 16.1. The largest absolute Gasteiger partial charge is 0.325 e. The van der Waals surface area contributed by atoms with E-state index in [1.807, 2.05) is 13.0 Å². The molecule has 0 aliphatic heterocycles. The Balaban J connectivity index is 2.53. The van der Waals surface area contributed by atoms with Crippen molar-refractivity contribution in [3.63, 3.8) is 0 Å². The molecule has 0 aliphatic carbocycles. The van der Waals surface area contributed by atoms with Crippen molar-refractivity contribution < 1.29 is 0 Å². The zero-order valence-electron chi connectivity index (χ0n) is 8.14. The lowest BCUT2D eigenvalue weighted by Crippen LogP contribution is -2.15. The Bertz CT molecular complexity index is 528. The van der Waals surface area contributed by atoms with Crippen LogP contribution in [0.1, 0.15) is 11.4 Å². The van der Waals surface area contributed by atoms with Crippen LogP contribution in [0.15, 0.2) is 17.1 Å². The van der Waals surface area contributed by atoms with Gasteiger partial charge in [0.05, 0.1) is 5.69 Å². The SMILES string of the molecule is Cc1cc(CN)nn1-c1nncc(=O)[nH]1. The van der Waals surface area contributed by atoms with Crippen LogP contribution in [0.3, 0.4) is 0 Å². The molecular weight excluding hydrogens is 196 g/mol. The number of nitrogens with two attached hydrogens (primary N) is 1. The summed E-state index contributed by atoms with van der Waals surface area (Å²) >= 11 is 0. The predicted molar refractivity (Wildman–Crippen MR) is 52.4 cm³/mol. The van der Waals surface area contributed by atoms with Gasteiger partial charge in [0, 0.05) is 12.2 Å². The number of aromatic nitrogens is 5. The van der Waals surface area contributed by atoms with Crippen molar-refractivity contribution in [1.82, 2.24) is 25.0 Å². The van der Waals surface area contributed by atoms with Gasteiger partial charge in [-0.1, -0.05) is 0 Å². The maximum absolute atomic E-state index is 11.0. The lowest BCUT2D eigenvalue weighted by molar-refractivity contribution is 0.730. The van der Waals surface area contributed by atoms with E-state index in [-0.39, 0.29) is 5.56 Å². The van der Waals surface area contributed by atoms with Crippen LogP contribution >= 0.6 is 0 Å².